The first-order valence-electron chi connectivity index (χ1n) is 7.11. The maximum Gasteiger partial charge on any atom is 0.273 e. The Morgan fingerprint density at radius 1 is 1.38 bits per heavy atom. The van der Waals surface area contributed by atoms with Crippen molar-refractivity contribution in [3.63, 3.8) is 0 Å². The molecule has 1 fully saturated rings. The number of carbonyl (C=O) groups excluding carboxylic acids is 1. The van der Waals surface area contributed by atoms with Gasteiger partial charge in [-0.15, -0.1) is 11.3 Å². The summed E-state index contributed by atoms with van der Waals surface area (Å²) in [4.78, 5) is 18.9. The van der Waals surface area contributed by atoms with E-state index in [1.165, 1.54) is 5.56 Å². The van der Waals surface area contributed by atoms with Crippen LogP contribution >= 0.6 is 23.1 Å². The van der Waals surface area contributed by atoms with E-state index in [9.17, 15) is 4.79 Å². The van der Waals surface area contributed by atoms with Crippen molar-refractivity contribution in [1.29, 1.82) is 0 Å². The molecule has 3 rings (SSSR count). The first-order valence-corrected chi connectivity index (χ1v) is 9.22. The predicted octanol–water partition coefficient (Wildman–Crippen LogP) is 3.88. The highest BCUT2D eigenvalue weighted by Gasteiger charge is 2.26. The standard InChI is InChI=1S/C16H18N2OS2/c1-20-16-17-14(11-21-16)15(19)18-9-5-8-13(10-18)12-6-3-2-4-7-12/h2-4,6-7,11,13H,5,8-10H2,1H3/t13-/m1/s1. The maximum atomic E-state index is 12.6. The highest BCUT2D eigenvalue weighted by Crippen LogP contribution is 2.28. The molecule has 1 aromatic heterocycles. The van der Waals surface area contributed by atoms with Crippen LogP contribution in [0.25, 0.3) is 0 Å². The quantitative estimate of drug-likeness (QED) is 0.805. The molecule has 0 radical (unpaired) electrons. The molecule has 2 aromatic rings. The summed E-state index contributed by atoms with van der Waals surface area (Å²) >= 11 is 3.13. The number of carbonyl (C=O) groups is 1. The average Bonchev–Trinajstić information content (AvgIpc) is 3.04. The number of thiazole rings is 1. The van der Waals surface area contributed by atoms with E-state index in [-0.39, 0.29) is 5.91 Å². The van der Waals surface area contributed by atoms with Crippen molar-refractivity contribution in [2.24, 2.45) is 0 Å². The molecule has 0 unspecified atom stereocenters. The van der Waals surface area contributed by atoms with Crippen LogP contribution in [-0.2, 0) is 0 Å². The van der Waals surface area contributed by atoms with Gasteiger partial charge in [0.15, 0.2) is 0 Å². The van der Waals surface area contributed by atoms with Crippen LogP contribution in [0.4, 0.5) is 0 Å². The second-order valence-electron chi connectivity index (χ2n) is 5.20. The van der Waals surface area contributed by atoms with E-state index in [0.29, 0.717) is 11.6 Å². The van der Waals surface area contributed by atoms with E-state index in [1.54, 1.807) is 23.1 Å². The smallest absolute Gasteiger partial charge is 0.273 e. The van der Waals surface area contributed by atoms with E-state index in [0.717, 1.165) is 30.3 Å². The van der Waals surface area contributed by atoms with Gasteiger partial charge in [0, 0.05) is 24.4 Å². The first kappa shape index (κ1) is 14.6. The molecule has 1 saturated heterocycles. The molecule has 3 nitrogen and oxygen atoms in total. The lowest BCUT2D eigenvalue weighted by Gasteiger charge is -2.32. The minimum atomic E-state index is 0.0761. The molecule has 110 valence electrons. The summed E-state index contributed by atoms with van der Waals surface area (Å²) in [6.07, 6.45) is 4.20. The number of nitrogens with zero attached hydrogens (tertiary/aromatic N) is 2. The van der Waals surface area contributed by atoms with Gasteiger partial charge in [0.05, 0.1) is 0 Å². The highest BCUT2D eigenvalue weighted by molar-refractivity contribution is 8.00. The number of hydrogen-bond donors (Lipinski definition) is 0. The Labute approximate surface area is 133 Å². The molecule has 1 amide bonds. The molecule has 1 aliphatic heterocycles. The molecular formula is C16H18N2OS2. The zero-order chi connectivity index (χ0) is 14.7. The molecule has 0 spiro atoms. The predicted molar refractivity (Wildman–Crippen MR) is 88.2 cm³/mol. The van der Waals surface area contributed by atoms with Gasteiger partial charge in [0.1, 0.15) is 10.0 Å². The third-order valence-electron chi connectivity index (χ3n) is 3.86. The molecule has 0 bridgehead atoms. The summed E-state index contributed by atoms with van der Waals surface area (Å²) in [5, 5.41) is 1.88. The molecule has 1 aromatic carbocycles. The van der Waals surface area contributed by atoms with Crippen molar-refractivity contribution >= 4 is 29.0 Å². The normalized spacial score (nSPS) is 18.7. The molecule has 2 heterocycles. The monoisotopic (exact) mass is 318 g/mol. The van der Waals surface area contributed by atoms with Crippen molar-refractivity contribution in [2.75, 3.05) is 19.3 Å². The average molecular weight is 318 g/mol. The Hall–Kier alpha value is -1.33. The van der Waals surface area contributed by atoms with Crippen molar-refractivity contribution in [3.05, 3.63) is 47.0 Å². The van der Waals surface area contributed by atoms with E-state index < -0.39 is 0 Å². The van der Waals surface area contributed by atoms with Gasteiger partial charge in [-0.25, -0.2) is 4.98 Å². The van der Waals surface area contributed by atoms with Crippen LogP contribution in [0.5, 0.6) is 0 Å². The molecule has 5 heteroatoms. The molecule has 0 aliphatic carbocycles. The topological polar surface area (TPSA) is 33.2 Å². The van der Waals surface area contributed by atoms with E-state index >= 15 is 0 Å². The largest absolute Gasteiger partial charge is 0.337 e. The third kappa shape index (κ3) is 3.30. The van der Waals surface area contributed by atoms with Crippen molar-refractivity contribution in [1.82, 2.24) is 9.88 Å². The van der Waals surface area contributed by atoms with Crippen molar-refractivity contribution in [2.45, 2.75) is 23.1 Å². The Morgan fingerprint density at radius 2 is 2.19 bits per heavy atom. The molecule has 21 heavy (non-hydrogen) atoms. The summed E-state index contributed by atoms with van der Waals surface area (Å²) in [5.41, 5.74) is 1.93. The van der Waals surface area contributed by atoms with Crippen LogP contribution in [0.3, 0.4) is 0 Å². The Bertz CT molecular complexity index is 612. The van der Waals surface area contributed by atoms with Gasteiger partial charge in [-0.2, -0.15) is 0 Å². The van der Waals surface area contributed by atoms with E-state index in [2.05, 4.69) is 29.2 Å². The fourth-order valence-electron chi connectivity index (χ4n) is 2.77. The molecule has 0 saturated carbocycles. The number of rotatable bonds is 3. The van der Waals surface area contributed by atoms with Gasteiger partial charge in [-0.1, -0.05) is 42.1 Å². The van der Waals surface area contributed by atoms with Crippen LogP contribution in [0.2, 0.25) is 0 Å². The number of piperidine rings is 1. The maximum absolute atomic E-state index is 12.6. The van der Waals surface area contributed by atoms with Crippen molar-refractivity contribution in [3.8, 4) is 0 Å². The lowest BCUT2D eigenvalue weighted by Crippen LogP contribution is -2.39. The minimum absolute atomic E-state index is 0.0761. The number of likely N-dealkylation sites (tertiary alicyclic amines) is 1. The summed E-state index contributed by atoms with van der Waals surface area (Å²) in [7, 11) is 0. The van der Waals surface area contributed by atoms with Crippen LogP contribution in [0.15, 0.2) is 40.1 Å². The summed E-state index contributed by atoms with van der Waals surface area (Å²) in [6, 6.07) is 10.5. The summed E-state index contributed by atoms with van der Waals surface area (Å²) < 4.78 is 0.954. The number of benzene rings is 1. The molecule has 0 N–H and O–H groups in total. The Morgan fingerprint density at radius 3 is 2.90 bits per heavy atom. The number of hydrogen-bond acceptors (Lipinski definition) is 4. The number of aromatic nitrogens is 1. The Balaban J connectivity index is 1.72. The van der Waals surface area contributed by atoms with E-state index in [4.69, 9.17) is 0 Å². The molecule has 1 atom stereocenters. The van der Waals surface area contributed by atoms with Crippen LogP contribution in [-0.4, -0.2) is 35.1 Å². The third-order valence-corrected chi connectivity index (χ3v) is 5.72. The fraction of sp³-hybridized carbons (Fsp3) is 0.375. The zero-order valence-electron chi connectivity index (χ0n) is 12.0. The minimum Gasteiger partial charge on any atom is -0.337 e. The van der Waals surface area contributed by atoms with Gasteiger partial charge in [-0.3, -0.25) is 4.79 Å². The molecule has 1 aliphatic rings. The number of thioether (sulfide) groups is 1. The SMILES string of the molecule is CSc1nc(C(=O)N2CCC[C@@H](c3ccccc3)C2)cs1. The van der Waals surface area contributed by atoms with Crippen LogP contribution in [0.1, 0.15) is 34.8 Å². The van der Waals surface area contributed by atoms with Gasteiger partial charge < -0.3 is 4.90 Å². The summed E-state index contributed by atoms with van der Waals surface area (Å²) in [6.45, 7) is 1.64. The lowest BCUT2D eigenvalue weighted by atomic mass is 9.90. The Kier molecular flexibility index (Phi) is 4.60. The second kappa shape index (κ2) is 6.62. The van der Waals surface area contributed by atoms with Gasteiger partial charge in [0.2, 0.25) is 0 Å². The number of amides is 1. The van der Waals surface area contributed by atoms with Gasteiger partial charge in [-0.05, 0) is 24.7 Å². The van der Waals surface area contributed by atoms with E-state index in [1.807, 2.05) is 22.6 Å². The summed E-state index contributed by atoms with van der Waals surface area (Å²) in [5.74, 6) is 0.523. The molecular weight excluding hydrogens is 300 g/mol. The van der Waals surface area contributed by atoms with Crippen LogP contribution < -0.4 is 0 Å². The first-order chi connectivity index (χ1) is 10.3. The van der Waals surface area contributed by atoms with Crippen molar-refractivity contribution < 1.29 is 4.79 Å². The zero-order valence-corrected chi connectivity index (χ0v) is 13.6. The fourth-order valence-corrected chi connectivity index (χ4v) is 4.01. The van der Waals surface area contributed by atoms with Gasteiger partial charge in [0.25, 0.3) is 5.91 Å². The second-order valence-corrected chi connectivity index (χ2v) is 7.12. The van der Waals surface area contributed by atoms with Gasteiger partial charge >= 0.3 is 0 Å². The highest BCUT2D eigenvalue weighted by atomic mass is 32.2. The van der Waals surface area contributed by atoms with Crippen LogP contribution in [0, 0.1) is 0 Å². The lowest BCUT2D eigenvalue weighted by molar-refractivity contribution is 0.0701.